The Labute approximate surface area is 387 Å². The summed E-state index contributed by atoms with van der Waals surface area (Å²) >= 11 is 0. The zero-order chi connectivity index (χ0) is 45.6. The molecule has 0 radical (unpaired) electrons. The molecule has 1 unspecified atom stereocenters. The standard InChI is InChI=1S/C56H108O6/c1-7-52(6)44-38-32-26-20-16-12-8-9-13-18-22-28-35-41-47-56(59)62-53(49-61-55(58)46-40-34-29-23-25-31-37-43-51(4)5)48-60-54(57)45-39-33-27-21-17-14-10-11-15-19-24-30-36-42-50(2)3/h50-53H,7-49H2,1-6H3/t52?,53-/m0/s1. The van der Waals surface area contributed by atoms with Gasteiger partial charge in [0, 0.05) is 19.3 Å². The van der Waals surface area contributed by atoms with Gasteiger partial charge in [-0.1, -0.05) is 266 Å². The maximum atomic E-state index is 12.8. The van der Waals surface area contributed by atoms with E-state index in [2.05, 4.69) is 41.5 Å². The van der Waals surface area contributed by atoms with Crippen LogP contribution in [-0.4, -0.2) is 37.2 Å². The van der Waals surface area contributed by atoms with E-state index in [1.165, 1.54) is 186 Å². The van der Waals surface area contributed by atoms with Crippen molar-refractivity contribution >= 4 is 17.9 Å². The molecule has 0 N–H and O–H groups in total. The molecule has 0 amide bonds. The molecular formula is C56H108O6. The molecule has 6 heteroatoms. The number of carbonyl (C=O) groups is 3. The van der Waals surface area contributed by atoms with Gasteiger partial charge in [-0.25, -0.2) is 0 Å². The number of hydrogen-bond acceptors (Lipinski definition) is 6. The lowest BCUT2D eigenvalue weighted by atomic mass is 9.99. The Bertz CT molecular complexity index is 962. The van der Waals surface area contributed by atoms with Crippen LogP contribution >= 0.6 is 0 Å². The molecule has 0 aliphatic heterocycles. The van der Waals surface area contributed by atoms with E-state index < -0.39 is 6.10 Å². The number of unbranched alkanes of at least 4 members (excludes halogenated alkanes) is 31. The van der Waals surface area contributed by atoms with Gasteiger partial charge in [-0.05, 0) is 37.0 Å². The number of hydrogen-bond donors (Lipinski definition) is 0. The van der Waals surface area contributed by atoms with Crippen LogP contribution in [0.2, 0.25) is 0 Å². The van der Waals surface area contributed by atoms with Crippen LogP contribution in [0.15, 0.2) is 0 Å². The van der Waals surface area contributed by atoms with Gasteiger partial charge in [0.25, 0.3) is 0 Å². The van der Waals surface area contributed by atoms with Gasteiger partial charge in [0.05, 0.1) is 0 Å². The van der Waals surface area contributed by atoms with Crippen LogP contribution in [0.4, 0.5) is 0 Å². The molecule has 0 rings (SSSR count). The fraction of sp³-hybridized carbons (Fsp3) is 0.946. The van der Waals surface area contributed by atoms with Crippen molar-refractivity contribution in [1.29, 1.82) is 0 Å². The smallest absolute Gasteiger partial charge is 0.306 e. The molecule has 0 saturated carbocycles. The van der Waals surface area contributed by atoms with E-state index in [0.29, 0.717) is 19.3 Å². The quantitative estimate of drug-likeness (QED) is 0.0344. The molecule has 0 heterocycles. The van der Waals surface area contributed by atoms with Gasteiger partial charge in [0.2, 0.25) is 0 Å². The zero-order valence-corrected chi connectivity index (χ0v) is 42.7. The third-order valence-corrected chi connectivity index (χ3v) is 13.0. The van der Waals surface area contributed by atoms with Crippen molar-refractivity contribution in [3.05, 3.63) is 0 Å². The average Bonchev–Trinajstić information content (AvgIpc) is 3.24. The van der Waals surface area contributed by atoms with Crippen LogP contribution in [0.3, 0.4) is 0 Å². The molecule has 0 aromatic rings. The van der Waals surface area contributed by atoms with Crippen LogP contribution in [0.5, 0.6) is 0 Å². The second kappa shape index (κ2) is 47.4. The summed E-state index contributed by atoms with van der Waals surface area (Å²) < 4.78 is 16.8. The average molecular weight is 877 g/mol. The van der Waals surface area contributed by atoms with E-state index in [9.17, 15) is 14.4 Å². The molecule has 0 aromatic carbocycles. The lowest BCUT2D eigenvalue weighted by molar-refractivity contribution is -0.167. The first-order chi connectivity index (χ1) is 30.1. The van der Waals surface area contributed by atoms with Crippen LogP contribution in [0.25, 0.3) is 0 Å². The van der Waals surface area contributed by atoms with Crippen molar-refractivity contribution in [3.63, 3.8) is 0 Å². The van der Waals surface area contributed by atoms with Gasteiger partial charge in [0.15, 0.2) is 6.10 Å². The monoisotopic (exact) mass is 877 g/mol. The molecule has 2 atom stereocenters. The summed E-state index contributed by atoms with van der Waals surface area (Å²) in [4.78, 5) is 38.0. The van der Waals surface area contributed by atoms with Crippen LogP contribution in [0.1, 0.15) is 305 Å². The molecule has 0 aliphatic carbocycles. The van der Waals surface area contributed by atoms with E-state index in [1.54, 1.807) is 0 Å². The highest BCUT2D eigenvalue weighted by Gasteiger charge is 2.19. The molecule has 0 spiro atoms. The molecule has 0 saturated heterocycles. The largest absolute Gasteiger partial charge is 0.462 e. The fourth-order valence-electron chi connectivity index (χ4n) is 8.44. The second-order valence-electron chi connectivity index (χ2n) is 20.4. The molecular weight excluding hydrogens is 769 g/mol. The van der Waals surface area contributed by atoms with Gasteiger partial charge >= 0.3 is 17.9 Å². The Morgan fingerprint density at radius 3 is 0.839 bits per heavy atom. The van der Waals surface area contributed by atoms with Gasteiger partial charge in [0.1, 0.15) is 13.2 Å². The molecule has 0 bridgehead atoms. The molecule has 0 fully saturated rings. The minimum Gasteiger partial charge on any atom is -0.462 e. The molecule has 0 aromatic heterocycles. The van der Waals surface area contributed by atoms with Crippen molar-refractivity contribution in [3.8, 4) is 0 Å². The van der Waals surface area contributed by atoms with Crippen molar-refractivity contribution < 1.29 is 28.6 Å². The lowest BCUT2D eigenvalue weighted by Crippen LogP contribution is -2.30. The first-order valence-electron chi connectivity index (χ1n) is 27.6. The maximum Gasteiger partial charge on any atom is 0.306 e. The topological polar surface area (TPSA) is 78.9 Å². The number of esters is 3. The van der Waals surface area contributed by atoms with Crippen LogP contribution in [0, 0.1) is 17.8 Å². The van der Waals surface area contributed by atoms with Gasteiger partial charge in [-0.3, -0.25) is 14.4 Å². The summed E-state index contributed by atoms with van der Waals surface area (Å²) in [6.45, 7) is 13.7. The zero-order valence-electron chi connectivity index (χ0n) is 42.7. The molecule has 62 heavy (non-hydrogen) atoms. The first kappa shape index (κ1) is 60.4. The van der Waals surface area contributed by atoms with E-state index in [1.807, 2.05) is 0 Å². The summed E-state index contributed by atoms with van der Waals surface area (Å²) in [5, 5.41) is 0. The third-order valence-electron chi connectivity index (χ3n) is 13.0. The Kier molecular flexibility index (Phi) is 46.2. The summed E-state index contributed by atoms with van der Waals surface area (Å²) in [7, 11) is 0. The highest BCUT2D eigenvalue weighted by atomic mass is 16.6. The van der Waals surface area contributed by atoms with E-state index in [0.717, 1.165) is 75.5 Å². The summed E-state index contributed by atoms with van der Waals surface area (Å²) in [6, 6.07) is 0. The van der Waals surface area contributed by atoms with Crippen molar-refractivity contribution in [1.82, 2.24) is 0 Å². The van der Waals surface area contributed by atoms with Crippen LogP contribution < -0.4 is 0 Å². The Hall–Kier alpha value is -1.59. The highest BCUT2D eigenvalue weighted by molar-refractivity contribution is 5.71. The fourth-order valence-corrected chi connectivity index (χ4v) is 8.44. The van der Waals surface area contributed by atoms with Gasteiger partial charge in [-0.15, -0.1) is 0 Å². The number of ether oxygens (including phenoxy) is 3. The van der Waals surface area contributed by atoms with E-state index in [-0.39, 0.29) is 31.1 Å². The summed E-state index contributed by atoms with van der Waals surface area (Å²) in [6.07, 6.45) is 48.1. The minimum absolute atomic E-state index is 0.0645. The van der Waals surface area contributed by atoms with Crippen LogP contribution in [-0.2, 0) is 28.6 Å². The SMILES string of the molecule is CCC(C)CCCCCCCCCCCCCCCCC(=O)O[C@@H](COC(=O)CCCCCCCCCCCCCCCC(C)C)COC(=O)CCCCCCCCCC(C)C. The van der Waals surface area contributed by atoms with E-state index in [4.69, 9.17) is 14.2 Å². The highest BCUT2D eigenvalue weighted by Crippen LogP contribution is 2.18. The van der Waals surface area contributed by atoms with Gasteiger partial charge < -0.3 is 14.2 Å². The predicted octanol–water partition coefficient (Wildman–Crippen LogP) is 17.9. The summed E-state index contributed by atoms with van der Waals surface area (Å²) in [5.41, 5.74) is 0. The molecule has 368 valence electrons. The van der Waals surface area contributed by atoms with Gasteiger partial charge in [-0.2, -0.15) is 0 Å². The first-order valence-corrected chi connectivity index (χ1v) is 27.6. The number of rotatable bonds is 49. The maximum absolute atomic E-state index is 12.8. The minimum atomic E-state index is -0.763. The third kappa shape index (κ3) is 47.9. The normalized spacial score (nSPS) is 12.6. The van der Waals surface area contributed by atoms with Crippen molar-refractivity contribution in [2.24, 2.45) is 17.8 Å². The van der Waals surface area contributed by atoms with Crippen molar-refractivity contribution in [2.45, 2.75) is 311 Å². The predicted molar refractivity (Wildman–Crippen MR) is 266 cm³/mol. The number of carbonyl (C=O) groups excluding carboxylic acids is 3. The second-order valence-corrected chi connectivity index (χ2v) is 20.4. The Morgan fingerprint density at radius 1 is 0.323 bits per heavy atom. The molecule has 0 aliphatic rings. The Morgan fingerprint density at radius 2 is 0.565 bits per heavy atom. The summed E-state index contributed by atoms with van der Waals surface area (Å²) in [5.74, 6) is 1.67. The van der Waals surface area contributed by atoms with Crippen molar-refractivity contribution in [2.75, 3.05) is 13.2 Å². The Balaban J connectivity index is 4.27. The van der Waals surface area contributed by atoms with E-state index >= 15 is 0 Å². The molecule has 6 nitrogen and oxygen atoms in total. The lowest BCUT2D eigenvalue weighted by Gasteiger charge is -2.18.